The molecule has 1 aliphatic rings. The fourth-order valence-electron chi connectivity index (χ4n) is 2.98. The Labute approximate surface area is 148 Å². The maximum atomic E-state index is 14.1. The van der Waals surface area contributed by atoms with Gasteiger partial charge in [0.05, 0.1) is 0 Å². The Balaban J connectivity index is 1.63. The van der Waals surface area contributed by atoms with Gasteiger partial charge in [0, 0.05) is 6.04 Å². The van der Waals surface area contributed by atoms with Crippen LogP contribution in [0.25, 0.3) is 0 Å². The molecule has 6 heteroatoms. The van der Waals surface area contributed by atoms with E-state index in [2.05, 4.69) is 44.5 Å². The van der Waals surface area contributed by atoms with Crippen molar-refractivity contribution in [3.63, 3.8) is 0 Å². The van der Waals surface area contributed by atoms with Gasteiger partial charge in [-0.1, -0.05) is 30.3 Å². The minimum absolute atomic E-state index is 0.0528. The van der Waals surface area contributed by atoms with Gasteiger partial charge in [-0.2, -0.15) is 15.0 Å². The lowest BCUT2D eigenvalue weighted by molar-refractivity contribution is 0.206. The zero-order chi connectivity index (χ0) is 17.9. The van der Waals surface area contributed by atoms with Crippen molar-refractivity contribution in [2.24, 2.45) is 5.92 Å². The van der Waals surface area contributed by atoms with Crippen LogP contribution in [-0.4, -0.2) is 21.0 Å². The molecule has 1 aromatic carbocycles. The number of anilines is 2. The van der Waals surface area contributed by atoms with E-state index in [0.29, 0.717) is 17.9 Å². The number of aromatic nitrogens is 3. The molecule has 1 saturated carbocycles. The van der Waals surface area contributed by atoms with E-state index in [4.69, 9.17) is 5.73 Å². The molecule has 3 N–H and O–H groups in total. The van der Waals surface area contributed by atoms with Crippen molar-refractivity contribution >= 4 is 11.9 Å². The Morgan fingerprint density at radius 1 is 1.20 bits per heavy atom. The first-order valence-electron chi connectivity index (χ1n) is 8.93. The molecule has 3 rings (SSSR count). The van der Waals surface area contributed by atoms with Crippen LogP contribution < -0.4 is 11.1 Å². The molecule has 0 saturated heterocycles. The molecule has 1 aliphatic carbocycles. The van der Waals surface area contributed by atoms with Crippen molar-refractivity contribution in [1.29, 1.82) is 0 Å². The predicted molar refractivity (Wildman–Crippen MR) is 97.9 cm³/mol. The topological polar surface area (TPSA) is 76.7 Å². The van der Waals surface area contributed by atoms with E-state index in [1.807, 2.05) is 6.07 Å². The van der Waals surface area contributed by atoms with Gasteiger partial charge >= 0.3 is 0 Å². The number of nitrogens with zero attached hydrogens (tertiary/aromatic N) is 3. The number of hydrogen-bond acceptors (Lipinski definition) is 5. The van der Waals surface area contributed by atoms with Crippen LogP contribution in [0.1, 0.15) is 50.9 Å². The second kappa shape index (κ2) is 7.33. The second-order valence-corrected chi connectivity index (χ2v) is 7.28. The monoisotopic (exact) mass is 343 g/mol. The summed E-state index contributed by atoms with van der Waals surface area (Å²) in [6, 6.07) is 10.8. The number of nitrogens with one attached hydrogen (secondary N) is 1. The average molecular weight is 343 g/mol. The summed E-state index contributed by atoms with van der Waals surface area (Å²) < 4.78 is 14.1. The molecule has 1 fully saturated rings. The molecule has 5 nitrogen and oxygen atoms in total. The van der Waals surface area contributed by atoms with E-state index in [1.54, 1.807) is 0 Å². The van der Waals surface area contributed by atoms with Crippen LogP contribution in [0.15, 0.2) is 30.3 Å². The second-order valence-electron chi connectivity index (χ2n) is 7.28. The van der Waals surface area contributed by atoms with Crippen LogP contribution in [0, 0.1) is 5.92 Å². The summed E-state index contributed by atoms with van der Waals surface area (Å²) in [5.41, 5.74) is 5.44. The molecule has 0 aliphatic heterocycles. The zero-order valence-electron chi connectivity index (χ0n) is 14.9. The van der Waals surface area contributed by atoms with Gasteiger partial charge < -0.3 is 11.1 Å². The molecule has 0 amide bonds. The number of rotatable bonds is 8. The Hall–Kier alpha value is -2.24. The fourth-order valence-corrected chi connectivity index (χ4v) is 2.98. The standard InChI is InChI=1S/C19H26FN5/c1-19(2,20)16-23-17(21)25-18(24-16)22-15(14-11-12-14)10-6-9-13-7-4-3-5-8-13/h3-5,7-8,14-15H,6,9-12H2,1-2H3,(H3,21,22,23,24,25)/t15-/m1/s1. The van der Waals surface area contributed by atoms with Crippen molar-refractivity contribution in [1.82, 2.24) is 15.0 Å². The molecule has 0 spiro atoms. The maximum Gasteiger partial charge on any atom is 0.228 e. The Kier molecular flexibility index (Phi) is 5.16. The third kappa shape index (κ3) is 5.11. The number of hydrogen-bond donors (Lipinski definition) is 2. The first-order valence-corrected chi connectivity index (χ1v) is 8.93. The quantitative estimate of drug-likeness (QED) is 0.761. The minimum Gasteiger partial charge on any atom is -0.368 e. The molecule has 0 bridgehead atoms. The Bertz CT molecular complexity index is 695. The molecule has 134 valence electrons. The third-order valence-electron chi connectivity index (χ3n) is 4.51. The number of nitrogen functional groups attached to an aromatic ring is 1. The summed E-state index contributed by atoms with van der Waals surface area (Å²) in [7, 11) is 0. The number of benzene rings is 1. The van der Waals surface area contributed by atoms with E-state index in [0.717, 1.165) is 19.3 Å². The fraction of sp³-hybridized carbons (Fsp3) is 0.526. The average Bonchev–Trinajstić information content (AvgIpc) is 3.38. The van der Waals surface area contributed by atoms with E-state index < -0.39 is 5.67 Å². The highest BCUT2D eigenvalue weighted by Crippen LogP contribution is 2.36. The molecular formula is C19H26FN5. The van der Waals surface area contributed by atoms with E-state index in [1.165, 1.54) is 32.3 Å². The molecule has 0 unspecified atom stereocenters. The van der Waals surface area contributed by atoms with Crippen LogP contribution in [0.5, 0.6) is 0 Å². The maximum absolute atomic E-state index is 14.1. The highest BCUT2D eigenvalue weighted by molar-refractivity contribution is 5.33. The lowest BCUT2D eigenvalue weighted by Gasteiger charge is -2.20. The molecule has 1 heterocycles. The summed E-state index contributed by atoms with van der Waals surface area (Å²) in [6.45, 7) is 2.84. The van der Waals surface area contributed by atoms with Gasteiger partial charge in [-0.15, -0.1) is 0 Å². The lowest BCUT2D eigenvalue weighted by Crippen LogP contribution is -2.25. The van der Waals surface area contributed by atoms with Gasteiger partial charge in [0.1, 0.15) is 0 Å². The van der Waals surface area contributed by atoms with Crippen molar-refractivity contribution in [2.75, 3.05) is 11.1 Å². The van der Waals surface area contributed by atoms with Gasteiger partial charge in [-0.3, -0.25) is 0 Å². The highest BCUT2D eigenvalue weighted by Gasteiger charge is 2.32. The summed E-state index contributed by atoms with van der Waals surface area (Å²) in [4.78, 5) is 12.3. The van der Waals surface area contributed by atoms with Gasteiger partial charge in [0.25, 0.3) is 0 Å². The largest absolute Gasteiger partial charge is 0.368 e. The van der Waals surface area contributed by atoms with E-state index in [-0.39, 0.29) is 11.8 Å². The lowest BCUT2D eigenvalue weighted by atomic mass is 10.0. The first-order chi connectivity index (χ1) is 11.9. The van der Waals surface area contributed by atoms with Crippen LogP contribution in [-0.2, 0) is 12.1 Å². The number of halogens is 1. The van der Waals surface area contributed by atoms with Gasteiger partial charge in [-0.05, 0) is 57.4 Å². The van der Waals surface area contributed by atoms with Crippen LogP contribution in [0.2, 0.25) is 0 Å². The van der Waals surface area contributed by atoms with Gasteiger partial charge in [0.15, 0.2) is 11.5 Å². The number of aryl methyl sites for hydroxylation is 1. The van der Waals surface area contributed by atoms with E-state index >= 15 is 0 Å². The minimum atomic E-state index is -1.64. The molecule has 1 aromatic heterocycles. The summed E-state index contributed by atoms with van der Waals surface area (Å²) in [5.74, 6) is 1.14. The van der Waals surface area contributed by atoms with Crippen LogP contribution in [0.4, 0.5) is 16.3 Å². The van der Waals surface area contributed by atoms with E-state index in [9.17, 15) is 4.39 Å². The van der Waals surface area contributed by atoms with Crippen molar-refractivity contribution in [3.8, 4) is 0 Å². The Morgan fingerprint density at radius 2 is 1.92 bits per heavy atom. The molecule has 0 radical (unpaired) electrons. The molecule has 2 aromatic rings. The summed E-state index contributed by atoms with van der Waals surface area (Å²) >= 11 is 0. The van der Waals surface area contributed by atoms with Crippen molar-refractivity contribution in [2.45, 2.75) is 57.7 Å². The zero-order valence-corrected chi connectivity index (χ0v) is 14.9. The van der Waals surface area contributed by atoms with Gasteiger partial charge in [-0.25, -0.2) is 4.39 Å². The number of alkyl halides is 1. The molecule has 25 heavy (non-hydrogen) atoms. The van der Waals surface area contributed by atoms with Gasteiger partial charge in [0.2, 0.25) is 11.9 Å². The Morgan fingerprint density at radius 3 is 2.56 bits per heavy atom. The molecule has 1 atom stereocenters. The SMILES string of the molecule is CC(C)(F)c1nc(N)nc(N[C@H](CCCc2ccccc2)C2CC2)n1. The summed E-state index contributed by atoms with van der Waals surface area (Å²) in [5, 5.41) is 3.37. The smallest absolute Gasteiger partial charge is 0.228 e. The first kappa shape index (κ1) is 17.6. The van der Waals surface area contributed by atoms with Crippen LogP contribution in [0.3, 0.4) is 0 Å². The third-order valence-corrected chi connectivity index (χ3v) is 4.51. The van der Waals surface area contributed by atoms with Crippen molar-refractivity contribution in [3.05, 3.63) is 41.7 Å². The summed E-state index contributed by atoms with van der Waals surface area (Å²) in [6.07, 6.45) is 5.59. The normalized spacial score (nSPS) is 15.8. The van der Waals surface area contributed by atoms with Crippen LogP contribution >= 0.6 is 0 Å². The van der Waals surface area contributed by atoms with Crippen molar-refractivity contribution < 1.29 is 4.39 Å². The molecular weight excluding hydrogens is 317 g/mol. The highest BCUT2D eigenvalue weighted by atomic mass is 19.1. The predicted octanol–water partition coefficient (Wildman–Crippen LogP) is 3.87. The number of nitrogens with two attached hydrogens (primary N) is 1.